The average Bonchev–Trinajstić information content (AvgIpc) is 3.06. The average molecular weight is 299 g/mol. The molecule has 0 fully saturated rings. The Labute approximate surface area is 119 Å². The highest BCUT2D eigenvalue weighted by molar-refractivity contribution is 7.84. The molecule has 0 aliphatic carbocycles. The molecule has 0 saturated heterocycles. The summed E-state index contributed by atoms with van der Waals surface area (Å²) in [6.45, 7) is 2.76. The van der Waals surface area contributed by atoms with Crippen LogP contribution in [0.3, 0.4) is 0 Å². The highest BCUT2D eigenvalue weighted by Gasteiger charge is 2.15. The second-order valence-electron chi connectivity index (χ2n) is 3.85. The van der Waals surface area contributed by atoms with Gasteiger partial charge in [0.05, 0.1) is 6.04 Å². The van der Waals surface area contributed by atoms with Gasteiger partial charge in [-0.2, -0.15) is 0 Å². The first kappa shape index (κ1) is 13.9. The molecule has 2 rings (SSSR count). The van der Waals surface area contributed by atoms with Gasteiger partial charge < -0.3 is 5.32 Å². The molecule has 18 heavy (non-hydrogen) atoms. The van der Waals surface area contributed by atoms with Crippen molar-refractivity contribution in [2.75, 3.05) is 18.1 Å². The Morgan fingerprint density at radius 2 is 1.83 bits per heavy atom. The summed E-state index contributed by atoms with van der Waals surface area (Å²) in [5.74, 6) is 1.47. The van der Waals surface area contributed by atoms with Gasteiger partial charge in [0, 0.05) is 38.6 Å². The zero-order valence-electron chi connectivity index (χ0n) is 10.3. The Morgan fingerprint density at radius 1 is 1.22 bits per heavy atom. The maximum Gasteiger partial charge on any atom is 0.0765 e. The van der Waals surface area contributed by atoms with Gasteiger partial charge in [-0.15, -0.1) is 22.7 Å². The lowest BCUT2D eigenvalue weighted by Crippen LogP contribution is -2.25. The second kappa shape index (κ2) is 7.19. The van der Waals surface area contributed by atoms with Gasteiger partial charge in [0.15, 0.2) is 0 Å². The molecule has 0 spiro atoms. The van der Waals surface area contributed by atoms with E-state index in [1.807, 2.05) is 6.92 Å². The minimum absolute atomic E-state index is 0.249. The second-order valence-corrected chi connectivity index (χ2v) is 7.67. The first-order valence-electron chi connectivity index (χ1n) is 5.96. The van der Waals surface area contributed by atoms with Crippen molar-refractivity contribution >= 4 is 33.5 Å². The topological polar surface area (TPSA) is 29.1 Å². The number of hydrogen-bond acceptors (Lipinski definition) is 4. The lowest BCUT2D eigenvalue weighted by Gasteiger charge is -2.15. The van der Waals surface area contributed by atoms with Crippen LogP contribution in [-0.4, -0.2) is 22.3 Å². The largest absolute Gasteiger partial charge is 0.304 e. The van der Waals surface area contributed by atoms with Crippen molar-refractivity contribution < 1.29 is 4.21 Å². The van der Waals surface area contributed by atoms with E-state index in [9.17, 15) is 4.21 Å². The van der Waals surface area contributed by atoms with Gasteiger partial charge in [0.1, 0.15) is 0 Å². The minimum Gasteiger partial charge on any atom is -0.304 e. The lowest BCUT2D eigenvalue weighted by molar-refractivity contribution is 0.641. The molecule has 0 amide bonds. The Balaban J connectivity index is 2.00. The normalized spacial score (nSPS) is 13.0. The third-order valence-electron chi connectivity index (χ3n) is 2.66. The molecule has 1 atom stereocenters. The highest BCUT2D eigenvalue weighted by Crippen LogP contribution is 2.28. The van der Waals surface area contributed by atoms with Crippen LogP contribution >= 0.6 is 22.7 Å². The molecule has 0 aliphatic heterocycles. The Kier molecular flexibility index (Phi) is 5.56. The summed E-state index contributed by atoms with van der Waals surface area (Å²) >= 11 is 3.52. The summed E-state index contributed by atoms with van der Waals surface area (Å²) in [6.07, 6.45) is 0. The van der Waals surface area contributed by atoms with Crippen molar-refractivity contribution in [1.82, 2.24) is 5.32 Å². The van der Waals surface area contributed by atoms with Crippen molar-refractivity contribution in [3.63, 3.8) is 0 Å². The number of nitrogens with one attached hydrogen (secondary N) is 1. The van der Waals surface area contributed by atoms with E-state index in [0.29, 0.717) is 0 Å². The zero-order chi connectivity index (χ0) is 12.8. The van der Waals surface area contributed by atoms with Crippen LogP contribution in [0, 0.1) is 0 Å². The molecule has 0 aliphatic rings. The molecular formula is C13H17NOS3. The van der Waals surface area contributed by atoms with Crippen LogP contribution < -0.4 is 5.32 Å². The van der Waals surface area contributed by atoms with E-state index in [2.05, 4.69) is 40.3 Å². The Bertz CT molecular complexity index is 430. The van der Waals surface area contributed by atoms with Crippen LogP contribution in [-0.2, 0) is 10.8 Å². The molecule has 1 unspecified atom stereocenters. The van der Waals surface area contributed by atoms with Crippen LogP contribution in [0.25, 0.3) is 0 Å². The van der Waals surface area contributed by atoms with Crippen LogP contribution in [0.1, 0.15) is 22.7 Å². The first-order valence-corrected chi connectivity index (χ1v) is 9.21. The van der Waals surface area contributed by atoms with Crippen molar-refractivity contribution in [3.8, 4) is 0 Å². The van der Waals surface area contributed by atoms with Gasteiger partial charge in [0.25, 0.3) is 0 Å². The molecule has 98 valence electrons. The van der Waals surface area contributed by atoms with E-state index in [4.69, 9.17) is 0 Å². The van der Waals surface area contributed by atoms with Gasteiger partial charge in [-0.1, -0.05) is 19.1 Å². The molecule has 2 aromatic rings. The first-order chi connectivity index (χ1) is 8.81. The van der Waals surface area contributed by atoms with Gasteiger partial charge in [-0.25, -0.2) is 0 Å². The molecule has 2 nitrogen and oxygen atoms in total. The molecule has 5 heteroatoms. The van der Waals surface area contributed by atoms with E-state index >= 15 is 0 Å². The SMILES string of the molecule is CCS(=O)CCNC(c1cccs1)c1cccs1. The summed E-state index contributed by atoms with van der Waals surface area (Å²) in [6, 6.07) is 8.70. The highest BCUT2D eigenvalue weighted by atomic mass is 32.2. The van der Waals surface area contributed by atoms with E-state index in [1.54, 1.807) is 22.7 Å². The summed E-state index contributed by atoms with van der Waals surface area (Å²) in [4.78, 5) is 2.64. The van der Waals surface area contributed by atoms with Crippen molar-refractivity contribution in [1.29, 1.82) is 0 Å². The lowest BCUT2D eigenvalue weighted by atomic mass is 10.2. The van der Waals surface area contributed by atoms with Gasteiger partial charge >= 0.3 is 0 Å². The standard InChI is InChI=1S/C13H17NOS3/c1-2-18(15)10-7-14-13(11-5-3-8-16-11)12-6-4-9-17-12/h3-6,8-9,13-14H,2,7,10H2,1H3. The van der Waals surface area contributed by atoms with Crippen molar-refractivity contribution in [2.24, 2.45) is 0 Å². The molecule has 0 aromatic carbocycles. The molecular weight excluding hydrogens is 282 g/mol. The molecule has 0 bridgehead atoms. The predicted molar refractivity (Wildman–Crippen MR) is 82.0 cm³/mol. The van der Waals surface area contributed by atoms with Crippen LogP contribution in [0.5, 0.6) is 0 Å². The van der Waals surface area contributed by atoms with E-state index in [-0.39, 0.29) is 6.04 Å². The van der Waals surface area contributed by atoms with E-state index in [0.717, 1.165) is 18.1 Å². The third kappa shape index (κ3) is 3.75. The minimum atomic E-state index is -0.693. The van der Waals surface area contributed by atoms with Gasteiger partial charge in [-0.3, -0.25) is 4.21 Å². The molecule has 2 heterocycles. The molecule has 0 radical (unpaired) electrons. The fourth-order valence-electron chi connectivity index (χ4n) is 1.71. The number of hydrogen-bond donors (Lipinski definition) is 1. The summed E-state index contributed by atoms with van der Waals surface area (Å²) in [5.41, 5.74) is 0. The van der Waals surface area contributed by atoms with Crippen molar-refractivity contribution in [2.45, 2.75) is 13.0 Å². The Hall–Kier alpha value is -0.490. The summed E-state index contributed by atoms with van der Waals surface area (Å²) in [5, 5.41) is 7.72. The Morgan fingerprint density at radius 3 is 2.28 bits per heavy atom. The third-order valence-corrected chi connectivity index (χ3v) is 5.83. The summed E-state index contributed by atoms with van der Waals surface area (Å²) < 4.78 is 11.4. The fraction of sp³-hybridized carbons (Fsp3) is 0.385. The van der Waals surface area contributed by atoms with Gasteiger partial charge in [-0.05, 0) is 22.9 Å². The molecule has 2 aromatic heterocycles. The predicted octanol–water partition coefficient (Wildman–Crippen LogP) is 3.26. The van der Waals surface area contributed by atoms with Crippen LogP contribution in [0.4, 0.5) is 0 Å². The number of thiophene rings is 2. The van der Waals surface area contributed by atoms with Crippen LogP contribution in [0.2, 0.25) is 0 Å². The smallest absolute Gasteiger partial charge is 0.0765 e. The van der Waals surface area contributed by atoms with Crippen LogP contribution in [0.15, 0.2) is 35.0 Å². The maximum absolute atomic E-state index is 11.4. The van der Waals surface area contributed by atoms with E-state index < -0.39 is 10.8 Å². The van der Waals surface area contributed by atoms with Gasteiger partial charge in [0.2, 0.25) is 0 Å². The van der Waals surface area contributed by atoms with Crippen molar-refractivity contribution in [3.05, 3.63) is 44.8 Å². The summed E-state index contributed by atoms with van der Waals surface area (Å²) in [7, 11) is -0.693. The molecule has 1 N–H and O–H groups in total. The maximum atomic E-state index is 11.4. The fourth-order valence-corrected chi connectivity index (χ4v) is 4.06. The number of rotatable bonds is 7. The molecule has 0 saturated carbocycles. The quantitative estimate of drug-likeness (QED) is 0.850. The monoisotopic (exact) mass is 299 g/mol. The van der Waals surface area contributed by atoms with E-state index in [1.165, 1.54) is 9.75 Å². The zero-order valence-corrected chi connectivity index (χ0v) is 12.7.